The van der Waals surface area contributed by atoms with E-state index in [1.54, 1.807) is 0 Å². The van der Waals surface area contributed by atoms with Crippen molar-refractivity contribution >= 4 is 25.7 Å². The zero-order chi connectivity index (χ0) is 37.8. The molecule has 11 nitrogen and oxygen atoms in total. The fourth-order valence-electron chi connectivity index (χ4n) is 5.30. The lowest BCUT2D eigenvalue weighted by Gasteiger charge is -2.18. The standard InChI is InChI=1S/C39H72NO10P/c1-3-5-7-9-11-13-15-17-18-19-20-22-24-26-28-30-37(42)40-36(39(44)45)34-50-51(46,47)49-33-35(41)32-48-38(43)31-29-27-25-23-21-16-14-12-10-8-6-4-2/h12,14,17-18,35-36,41H,3-11,13,15-16,19-34H2,1-2H3,(H,40,42)(H,44,45)(H,46,47)/b14-12-,18-17-. The molecular weight excluding hydrogens is 673 g/mol. The minimum Gasteiger partial charge on any atom is -0.480 e. The number of rotatable bonds is 37. The molecule has 0 bridgehead atoms. The Bertz CT molecular complexity index is 974. The summed E-state index contributed by atoms with van der Waals surface area (Å²) in [5.74, 6) is -2.39. The van der Waals surface area contributed by atoms with Crippen LogP contribution in [0.4, 0.5) is 0 Å². The van der Waals surface area contributed by atoms with Gasteiger partial charge in [-0.1, -0.05) is 122 Å². The number of carboxylic acid groups (broad SMARTS) is 1. The molecule has 0 saturated carbocycles. The molecule has 298 valence electrons. The van der Waals surface area contributed by atoms with Gasteiger partial charge >= 0.3 is 19.8 Å². The molecule has 0 aromatic heterocycles. The molecule has 0 rings (SSSR count). The summed E-state index contributed by atoms with van der Waals surface area (Å²) in [7, 11) is -4.75. The van der Waals surface area contributed by atoms with Gasteiger partial charge in [0.25, 0.3) is 0 Å². The Balaban J connectivity index is 3.97. The molecule has 0 aliphatic rings. The number of phosphoric acid groups is 1. The highest BCUT2D eigenvalue weighted by atomic mass is 31.2. The molecule has 0 aromatic carbocycles. The molecule has 12 heteroatoms. The van der Waals surface area contributed by atoms with Gasteiger partial charge in [-0.05, 0) is 64.2 Å². The van der Waals surface area contributed by atoms with E-state index in [1.165, 1.54) is 57.8 Å². The summed E-state index contributed by atoms with van der Waals surface area (Å²) in [5.41, 5.74) is 0. The summed E-state index contributed by atoms with van der Waals surface area (Å²) in [6.45, 7) is 2.53. The van der Waals surface area contributed by atoms with Crippen LogP contribution in [0.5, 0.6) is 0 Å². The maximum atomic E-state index is 12.3. The summed E-state index contributed by atoms with van der Waals surface area (Å²) < 4.78 is 26.7. The lowest BCUT2D eigenvalue weighted by molar-refractivity contribution is -0.147. The van der Waals surface area contributed by atoms with Gasteiger partial charge in [-0.25, -0.2) is 9.36 Å². The third-order valence-electron chi connectivity index (χ3n) is 8.46. The molecule has 3 atom stereocenters. The second kappa shape index (κ2) is 35.0. The lowest BCUT2D eigenvalue weighted by Crippen LogP contribution is -2.43. The van der Waals surface area contributed by atoms with Crippen molar-refractivity contribution in [3.63, 3.8) is 0 Å². The van der Waals surface area contributed by atoms with E-state index in [9.17, 15) is 34.1 Å². The van der Waals surface area contributed by atoms with Crippen LogP contribution in [0.2, 0.25) is 0 Å². The van der Waals surface area contributed by atoms with Crippen LogP contribution in [0.1, 0.15) is 174 Å². The highest BCUT2D eigenvalue weighted by molar-refractivity contribution is 7.47. The molecule has 4 N–H and O–H groups in total. The number of amides is 1. The summed E-state index contributed by atoms with van der Waals surface area (Å²) >= 11 is 0. The number of phosphoric ester groups is 1. The largest absolute Gasteiger partial charge is 0.480 e. The van der Waals surface area contributed by atoms with E-state index in [-0.39, 0.29) is 12.8 Å². The van der Waals surface area contributed by atoms with Crippen molar-refractivity contribution < 1.29 is 47.8 Å². The number of allylic oxidation sites excluding steroid dienone is 4. The normalized spacial score (nSPS) is 14.1. The molecule has 0 fully saturated rings. The number of carboxylic acids is 1. The van der Waals surface area contributed by atoms with E-state index in [0.29, 0.717) is 12.8 Å². The van der Waals surface area contributed by atoms with Gasteiger partial charge in [-0.2, -0.15) is 0 Å². The average Bonchev–Trinajstić information content (AvgIpc) is 3.10. The first-order chi connectivity index (χ1) is 24.6. The second-order valence-corrected chi connectivity index (χ2v) is 14.9. The van der Waals surface area contributed by atoms with Gasteiger partial charge in [0.2, 0.25) is 5.91 Å². The average molecular weight is 746 g/mol. The summed E-state index contributed by atoms with van der Waals surface area (Å²) in [5, 5.41) is 21.7. The molecule has 0 radical (unpaired) electrons. The maximum absolute atomic E-state index is 12.3. The first-order valence-electron chi connectivity index (χ1n) is 19.9. The Hall–Kier alpha value is -2.04. The van der Waals surface area contributed by atoms with Crippen molar-refractivity contribution in [1.82, 2.24) is 5.32 Å². The number of esters is 1. The number of aliphatic hydroxyl groups is 1. The number of unbranched alkanes of at least 4 members (excludes halogenated alkanes) is 19. The van der Waals surface area contributed by atoms with Crippen molar-refractivity contribution in [2.75, 3.05) is 19.8 Å². The van der Waals surface area contributed by atoms with Crippen LogP contribution in [0, 0.1) is 0 Å². The molecular formula is C39H72NO10P. The monoisotopic (exact) mass is 745 g/mol. The van der Waals surface area contributed by atoms with Crippen molar-refractivity contribution in [2.45, 2.75) is 187 Å². The van der Waals surface area contributed by atoms with Gasteiger partial charge in [0.15, 0.2) is 6.04 Å². The molecule has 0 spiro atoms. The number of hydrogen-bond donors (Lipinski definition) is 4. The first-order valence-corrected chi connectivity index (χ1v) is 21.4. The van der Waals surface area contributed by atoms with Crippen LogP contribution in [-0.2, 0) is 32.7 Å². The van der Waals surface area contributed by atoms with E-state index >= 15 is 0 Å². The highest BCUT2D eigenvalue weighted by Crippen LogP contribution is 2.43. The number of ether oxygens (including phenoxy) is 1. The topological polar surface area (TPSA) is 169 Å². The van der Waals surface area contributed by atoms with Gasteiger partial charge in [-0.15, -0.1) is 0 Å². The Morgan fingerprint density at radius 2 is 1.02 bits per heavy atom. The fraction of sp³-hybridized carbons (Fsp3) is 0.821. The van der Waals surface area contributed by atoms with E-state index in [2.05, 4.69) is 43.5 Å². The smallest absolute Gasteiger partial charge is 0.472 e. The predicted octanol–water partition coefficient (Wildman–Crippen LogP) is 9.50. The highest BCUT2D eigenvalue weighted by Gasteiger charge is 2.28. The zero-order valence-corrected chi connectivity index (χ0v) is 32.8. The minimum absolute atomic E-state index is 0.136. The number of carbonyl (C=O) groups excluding carboxylic acids is 2. The molecule has 51 heavy (non-hydrogen) atoms. The maximum Gasteiger partial charge on any atom is 0.472 e. The number of aliphatic carboxylic acids is 1. The van der Waals surface area contributed by atoms with Gasteiger partial charge in [-0.3, -0.25) is 18.6 Å². The summed E-state index contributed by atoms with van der Waals surface area (Å²) in [6.07, 6.45) is 33.5. The minimum atomic E-state index is -4.75. The third kappa shape index (κ3) is 34.8. The molecule has 0 aromatic rings. The van der Waals surface area contributed by atoms with Crippen LogP contribution in [-0.4, -0.2) is 64.9 Å². The lowest BCUT2D eigenvalue weighted by atomic mass is 10.1. The first kappa shape index (κ1) is 49.0. The van der Waals surface area contributed by atoms with E-state index in [0.717, 1.165) is 77.0 Å². The second-order valence-electron chi connectivity index (χ2n) is 13.5. The molecule has 3 unspecified atom stereocenters. The van der Waals surface area contributed by atoms with Crippen molar-refractivity contribution in [1.29, 1.82) is 0 Å². The number of aliphatic hydroxyl groups excluding tert-OH is 1. The third-order valence-corrected chi connectivity index (χ3v) is 9.41. The van der Waals surface area contributed by atoms with Crippen LogP contribution >= 0.6 is 7.82 Å². The van der Waals surface area contributed by atoms with Crippen LogP contribution in [0.15, 0.2) is 24.3 Å². The van der Waals surface area contributed by atoms with Gasteiger partial charge in [0.1, 0.15) is 12.7 Å². The number of nitrogens with one attached hydrogen (secondary N) is 1. The zero-order valence-electron chi connectivity index (χ0n) is 31.9. The van der Waals surface area contributed by atoms with E-state index in [4.69, 9.17) is 13.8 Å². The van der Waals surface area contributed by atoms with Crippen LogP contribution in [0.25, 0.3) is 0 Å². The Morgan fingerprint density at radius 3 is 1.53 bits per heavy atom. The van der Waals surface area contributed by atoms with Gasteiger partial charge < -0.3 is 25.2 Å². The molecule has 0 aliphatic heterocycles. The fourth-order valence-corrected chi connectivity index (χ4v) is 6.08. The van der Waals surface area contributed by atoms with E-state index in [1.807, 2.05) is 0 Å². The van der Waals surface area contributed by atoms with Crippen molar-refractivity contribution in [2.24, 2.45) is 0 Å². The summed E-state index contributed by atoms with van der Waals surface area (Å²) in [6, 6.07) is -1.55. The Morgan fingerprint density at radius 1 is 0.608 bits per heavy atom. The van der Waals surface area contributed by atoms with Crippen LogP contribution in [0.3, 0.4) is 0 Å². The molecule has 0 heterocycles. The molecule has 0 saturated heterocycles. The van der Waals surface area contributed by atoms with E-state index < -0.39 is 57.6 Å². The molecule has 1 amide bonds. The SMILES string of the molecule is CCCCC/C=C\CCCCCCCC(=O)OCC(O)COP(=O)(O)OCC(NC(=O)CCCCCCC/C=C\CCCCCCCC)C(=O)O. The Kier molecular flexibility index (Phi) is 33.6. The van der Waals surface area contributed by atoms with Crippen LogP contribution < -0.4 is 5.32 Å². The molecule has 0 aliphatic carbocycles. The summed E-state index contributed by atoms with van der Waals surface area (Å²) in [4.78, 5) is 45.7. The van der Waals surface area contributed by atoms with Crippen molar-refractivity contribution in [3.05, 3.63) is 24.3 Å². The van der Waals surface area contributed by atoms with Crippen molar-refractivity contribution in [3.8, 4) is 0 Å². The number of carbonyl (C=O) groups is 3. The van der Waals surface area contributed by atoms with Gasteiger partial charge in [0.05, 0.1) is 13.2 Å². The Labute approximate surface area is 309 Å². The predicted molar refractivity (Wildman–Crippen MR) is 203 cm³/mol. The van der Waals surface area contributed by atoms with Gasteiger partial charge in [0, 0.05) is 12.8 Å². The quantitative estimate of drug-likeness (QED) is 0.0208. The number of hydrogen-bond acceptors (Lipinski definition) is 8.